The third-order valence-corrected chi connectivity index (χ3v) is 1.81. The Bertz CT molecular complexity index is 333. The quantitative estimate of drug-likeness (QED) is 0.394. The highest BCUT2D eigenvalue weighted by Gasteiger charge is 1.96. The van der Waals surface area contributed by atoms with Crippen LogP contribution in [0.5, 0.6) is 0 Å². The summed E-state index contributed by atoms with van der Waals surface area (Å²) in [6.45, 7) is 0.737. The van der Waals surface area contributed by atoms with Crippen molar-refractivity contribution in [2.24, 2.45) is 21.5 Å². The maximum atomic E-state index is 5.24. The Hall–Kier alpha value is -1.98. The van der Waals surface area contributed by atoms with Crippen LogP contribution in [0.1, 0.15) is 5.56 Å². The molecule has 0 aliphatic rings. The second-order valence-corrected chi connectivity index (χ2v) is 2.98. The molecule has 15 heavy (non-hydrogen) atoms. The second kappa shape index (κ2) is 5.69. The zero-order valence-electron chi connectivity index (χ0n) is 8.70. The first-order valence-electron chi connectivity index (χ1n) is 4.64. The van der Waals surface area contributed by atoms with Crippen LogP contribution in [0.3, 0.4) is 0 Å². The Kier molecular flexibility index (Phi) is 4.21. The predicted molar refractivity (Wildman–Crippen MR) is 61.7 cm³/mol. The average Bonchev–Trinajstić information content (AvgIpc) is 2.68. The van der Waals surface area contributed by atoms with Crippen molar-refractivity contribution >= 4 is 11.9 Å². The van der Waals surface area contributed by atoms with Gasteiger partial charge in [-0.3, -0.25) is 4.99 Å². The summed E-state index contributed by atoms with van der Waals surface area (Å²) in [6.07, 6.45) is 4.73. The number of nitrogens with one attached hydrogen (secondary N) is 2. The van der Waals surface area contributed by atoms with Crippen molar-refractivity contribution in [1.82, 2.24) is 10.3 Å². The van der Waals surface area contributed by atoms with E-state index in [0.717, 1.165) is 13.0 Å². The SMILES string of the molecule is CN=C(N=C(N)N)NCCc1cc[nH]c1. The van der Waals surface area contributed by atoms with Gasteiger partial charge in [-0.05, 0) is 18.1 Å². The van der Waals surface area contributed by atoms with Crippen molar-refractivity contribution in [3.05, 3.63) is 24.0 Å². The molecule has 0 amide bonds. The summed E-state index contributed by atoms with van der Waals surface area (Å²) in [5.74, 6) is 0.454. The van der Waals surface area contributed by atoms with Crippen LogP contribution in [0.4, 0.5) is 0 Å². The van der Waals surface area contributed by atoms with Crippen LogP contribution < -0.4 is 16.8 Å². The van der Waals surface area contributed by atoms with E-state index in [-0.39, 0.29) is 5.96 Å². The number of guanidine groups is 2. The Balaban J connectivity index is 2.33. The highest BCUT2D eigenvalue weighted by Crippen LogP contribution is 1.95. The Morgan fingerprint density at radius 1 is 1.53 bits per heavy atom. The number of aromatic amines is 1. The molecular formula is C9H16N6. The number of aliphatic imine (C=N–C) groups is 2. The fraction of sp³-hybridized carbons (Fsp3) is 0.333. The van der Waals surface area contributed by atoms with Gasteiger partial charge in [-0.25, -0.2) is 0 Å². The lowest BCUT2D eigenvalue weighted by Crippen LogP contribution is -2.30. The molecule has 0 fully saturated rings. The van der Waals surface area contributed by atoms with Crippen LogP contribution in [0.25, 0.3) is 0 Å². The van der Waals surface area contributed by atoms with Crippen LogP contribution in [0.2, 0.25) is 0 Å². The molecule has 0 unspecified atom stereocenters. The molecule has 0 atom stereocenters. The van der Waals surface area contributed by atoms with E-state index in [4.69, 9.17) is 11.5 Å². The highest BCUT2D eigenvalue weighted by atomic mass is 15.2. The molecule has 1 heterocycles. The number of rotatable bonds is 3. The Labute approximate surface area is 88.5 Å². The van der Waals surface area contributed by atoms with E-state index in [9.17, 15) is 0 Å². The molecule has 0 spiro atoms. The monoisotopic (exact) mass is 208 g/mol. The van der Waals surface area contributed by atoms with E-state index >= 15 is 0 Å². The lowest BCUT2D eigenvalue weighted by atomic mass is 10.2. The molecule has 0 saturated heterocycles. The van der Waals surface area contributed by atoms with Gasteiger partial charge in [0, 0.05) is 26.0 Å². The normalized spacial score (nSPS) is 11.1. The molecule has 1 aromatic rings. The van der Waals surface area contributed by atoms with Gasteiger partial charge in [0.05, 0.1) is 0 Å². The van der Waals surface area contributed by atoms with Crippen molar-refractivity contribution in [3.8, 4) is 0 Å². The standard InChI is InChI=1S/C9H16N6/c1-12-9(15-8(10)11)14-5-3-7-2-4-13-6-7/h2,4,6,13H,3,5H2,1H3,(H5,10,11,12,14,15). The molecule has 1 aromatic heterocycles. The number of H-pyrrole nitrogens is 1. The summed E-state index contributed by atoms with van der Waals surface area (Å²) in [5.41, 5.74) is 11.7. The first-order valence-corrected chi connectivity index (χ1v) is 4.64. The van der Waals surface area contributed by atoms with Gasteiger partial charge in [0.15, 0.2) is 5.96 Å². The largest absolute Gasteiger partial charge is 0.370 e. The third kappa shape index (κ3) is 4.17. The first-order chi connectivity index (χ1) is 7.22. The number of hydrogen-bond donors (Lipinski definition) is 4. The van der Waals surface area contributed by atoms with Gasteiger partial charge in [0.2, 0.25) is 5.96 Å². The summed E-state index contributed by atoms with van der Waals surface area (Å²) < 4.78 is 0. The summed E-state index contributed by atoms with van der Waals surface area (Å²) in [5, 5.41) is 3.03. The molecule has 0 aliphatic heterocycles. The van der Waals surface area contributed by atoms with Crippen molar-refractivity contribution in [1.29, 1.82) is 0 Å². The highest BCUT2D eigenvalue weighted by molar-refractivity contribution is 5.93. The van der Waals surface area contributed by atoms with Crippen LogP contribution >= 0.6 is 0 Å². The maximum Gasteiger partial charge on any atom is 0.220 e. The van der Waals surface area contributed by atoms with E-state index in [1.54, 1.807) is 7.05 Å². The van der Waals surface area contributed by atoms with E-state index in [2.05, 4.69) is 20.3 Å². The van der Waals surface area contributed by atoms with Gasteiger partial charge >= 0.3 is 0 Å². The minimum Gasteiger partial charge on any atom is -0.370 e. The summed E-state index contributed by atoms with van der Waals surface area (Å²) in [7, 11) is 1.63. The molecule has 0 radical (unpaired) electrons. The molecular weight excluding hydrogens is 192 g/mol. The van der Waals surface area contributed by atoms with Crippen molar-refractivity contribution < 1.29 is 0 Å². The van der Waals surface area contributed by atoms with Crippen LogP contribution in [0.15, 0.2) is 28.4 Å². The summed E-state index contributed by atoms with van der Waals surface area (Å²) in [4.78, 5) is 10.7. The van der Waals surface area contributed by atoms with Crippen LogP contribution in [0, 0.1) is 0 Å². The topological polar surface area (TPSA) is 105 Å². The van der Waals surface area contributed by atoms with Crippen molar-refractivity contribution in [3.63, 3.8) is 0 Å². The van der Waals surface area contributed by atoms with E-state index in [1.165, 1.54) is 5.56 Å². The van der Waals surface area contributed by atoms with E-state index < -0.39 is 0 Å². The lowest BCUT2D eigenvalue weighted by Gasteiger charge is -2.03. The van der Waals surface area contributed by atoms with Gasteiger partial charge in [0.1, 0.15) is 0 Å². The predicted octanol–water partition coefficient (Wildman–Crippen LogP) is -0.594. The Morgan fingerprint density at radius 3 is 2.87 bits per heavy atom. The van der Waals surface area contributed by atoms with Crippen molar-refractivity contribution in [2.45, 2.75) is 6.42 Å². The fourth-order valence-electron chi connectivity index (χ4n) is 1.12. The molecule has 6 nitrogen and oxygen atoms in total. The molecule has 6 heteroatoms. The molecule has 0 saturated carbocycles. The smallest absolute Gasteiger partial charge is 0.220 e. The number of hydrogen-bond acceptors (Lipinski definition) is 1. The average molecular weight is 208 g/mol. The minimum absolute atomic E-state index is 0.00439. The minimum atomic E-state index is 0.00439. The molecule has 0 aliphatic carbocycles. The van der Waals surface area contributed by atoms with E-state index in [0.29, 0.717) is 5.96 Å². The number of aromatic nitrogens is 1. The summed E-state index contributed by atoms with van der Waals surface area (Å²) in [6, 6.07) is 2.02. The molecule has 1 rings (SSSR count). The second-order valence-electron chi connectivity index (χ2n) is 2.98. The number of nitrogens with zero attached hydrogens (tertiary/aromatic N) is 2. The van der Waals surface area contributed by atoms with Gasteiger partial charge in [0.25, 0.3) is 0 Å². The zero-order valence-corrected chi connectivity index (χ0v) is 8.70. The Morgan fingerprint density at radius 2 is 2.33 bits per heavy atom. The molecule has 6 N–H and O–H groups in total. The van der Waals surface area contributed by atoms with Crippen molar-refractivity contribution in [2.75, 3.05) is 13.6 Å². The van der Waals surface area contributed by atoms with Gasteiger partial charge < -0.3 is 21.8 Å². The molecule has 0 aromatic carbocycles. The molecule has 82 valence electrons. The zero-order chi connectivity index (χ0) is 11.1. The molecule has 0 bridgehead atoms. The summed E-state index contributed by atoms with van der Waals surface area (Å²) >= 11 is 0. The van der Waals surface area contributed by atoms with Gasteiger partial charge in [-0.1, -0.05) is 0 Å². The van der Waals surface area contributed by atoms with Crippen LogP contribution in [-0.2, 0) is 6.42 Å². The van der Waals surface area contributed by atoms with Gasteiger partial charge in [-0.2, -0.15) is 4.99 Å². The van der Waals surface area contributed by atoms with Gasteiger partial charge in [-0.15, -0.1) is 0 Å². The lowest BCUT2D eigenvalue weighted by molar-refractivity contribution is 0.857. The van der Waals surface area contributed by atoms with E-state index in [1.807, 2.05) is 18.5 Å². The maximum absolute atomic E-state index is 5.24. The fourth-order valence-corrected chi connectivity index (χ4v) is 1.12. The third-order valence-electron chi connectivity index (χ3n) is 1.81. The number of nitrogens with two attached hydrogens (primary N) is 2. The van der Waals surface area contributed by atoms with Crippen LogP contribution in [-0.4, -0.2) is 30.5 Å². The first kappa shape index (κ1) is 11.1.